The van der Waals surface area contributed by atoms with Gasteiger partial charge in [-0.25, -0.2) is 9.97 Å². The molecule has 3 aromatic rings. The minimum atomic E-state index is -0.367. The summed E-state index contributed by atoms with van der Waals surface area (Å²) in [6.45, 7) is 0.931. The highest BCUT2D eigenvalue weighted by Gasteiger charge is 2.25. The number of nitrogens with zero attached hydrogens (tertiary/aromatic N) is 4. The summed E-state index contributed by atoms with van der Waals surface area (Å²) in [7, 11) is 1.58. The van der Waals surface area contributed by atoms with Gasteiger partial charge in [0.25, 0.3) is 11.8 Å². The predicted octanol–water partition coefficient (Wildman–Crippen LogP) is 2.16. The average molecular weight is 425 g/mol. The number of carbonyl (C=O) groups is 2. The van der Waals surface area contributed by atoms with E-state index in [1.165, 1.54) is 29.9 Å². The third kappa shape index (κ3) is 4.54. The van der Waals surface area contributed by atoms with Crippen LogP contribution in [0.25, 0.3) is 0 Å². The van der Waals surface area contributed by atoms with Crippen LogP contribution in [0.3, 0.4) is 0 Å². The molecular formula is C20H19N5O4S. The third-order valence-electron chi connectivity index (χ3n) is 4.50. The molecule has 0 fully saturated rings. The predicted molar refractivity (Wildman–Crippen MR) is 110 cm³/mol. The summed E-state index contributed by atoms with van der Waals surface area (Å²) in [5.41, 5.74) is 1.12. The molecule has 3 heterocycles. The molecule has 0 saturated heterocycles. The molecule has 154 valence electrons. The Kier molecular flexibility index (Phi) is 5.84. The lowest BCUT2D eigenvalue weighted by Gasteiger charge is -2.26. The zero-order chi connectivity index (χ0) is 20.9. The first kappa shape index (κ1) is 19.8. The Morgan fingerprint density at radius 3 is 2.93 bits per heavy atom. The minimum absolute atomic E-state index is 0.0580. The molecule has 0 unspecified atom stereocenters. The average Bonchev–Trinajstić information content (AvgIpc) is 3.19. The fourth-order valence-electron chi connectivity index (χ4n) is 2.97. The lowest BCUT2D eigenvalue weighted by molar-refractivity contribution is -0.134. The molecule has 0 radical (unpaired) electrons. The number of anilines is 1. The number of carbonyl (C=O) groups excluding carboxylic acids is 2. The molecule has 9 nitrogen and oxygen atoms in total. The summed E-state index contributed by atoms with van der Waals surface area (Å²) in [5.74, 6) is 0.770. The van der Waals surface area contributed by atoms with Crippen molar-refractivity contribution in [2.75, 3.05) is 25.6 Å². The van der Waals surface area contributed by atoms with Gasteiger partial charge in [-0.2, -0.15) is 0 Å². The van der Waals surface area contributed by atoms with E-state index in [0.29, 0.717) is 36.1 Å². The van der Waals surface area contributed by atoms with Gasteiger partial charge in [0.1, 0.15) is 17.2 Å². The van der Waals surface area contributed by atoms with Gasteiger partial charge in [-0.1, -0.05) is 17.4 Å². The molecule has 1 N–H and O–H groups in total. The second-order valence-electron chi connectivity index (χ2n) is 6.47. The molecule has 1 aliphatic rings. The SMILES string of the molecule is COc1cccc(OCC(=O)N2CCc3nc(NC(=O)c4cnccn4)sc3C2)c1. The topological polar surface area (TPSA) is 107 Å². The van der Waals surface area contributed by atoms with Gasteiger partial charge in [0.2, 0.25) is 0 Å². The molecule has 1 aliphatic heterocycles. The maximum atomic E-state index is 12.6. The van der Waals surface area contributed by atoms with Crippen molar-refractivity contribution in [2.45, 2.75) is 13.0 Å². The van der Waals surface area contributed by atoms with Gasteiger partial charge in [0, 0.05) is 36.3 Å². The summed E-state index contributed by atoms with van der Waals surface area (Å²) in [4.78, 5) is 39.8. The highest BCUT2D eigenvalue weighted by molar-refractivity contribution is 7.15. The molecule has 4 rings (SSSR count). The van der Waals surface area contributed by atoms with Crippen LogP contribution in [0.2, 0.25) is 0 Å². The molecule has 10 heteroatoms. The number of benzene rings is 1. The minimum Gasteiger partial charge on any atom is -0.497 e. The Balaban J connectivity index is 1.35. The first-order chi connectivity index (χ1) is 14.6. The maximum Gasteiger partial charge on any atom is 0.277 e. The van der Waals surface area contributed by atoms with E-state index in [9.17, 15) is 9.59 Å². The van der Waals surface area contributed by atoms with Crippen molar-refractivity contribution in [3.63, 3.8) is 0 Å². The summed E-state index contributed by atoms with van der Waals surface area (Å²) in [5, 5.41) is 3.23. The van der Waals surface area contributed by atoms with Crippen molar-refractivity contribution < 1.29 is 19.1 Å². The number of thiazole rings is 1. The van der Waals surface area contributed by atoms with Crippen LogP contribution >= 0.6 is 11.3 Å². The molecule has 30 heavy (non-hydrogen) atoms. The van der Waals surface area contributed by atoms with Crippen LogP contribution in [0.1, 0.15) is 21.1 Å². The lowest BCUT2D eigenvalue weighted by atomic mass is 10.2. The first-order valence-electron chi connectivity index (χ1n) is 9.23. The van der Waals surface area contributed by atoms with Crippen molar-refractivity contribution >= 4 is 28.3 Å². The van der Waals surface area contributed by atoms with Crippen LogP contribution < -0.4 is 14.8 Å². The van der Waals surface area contributed by atoms with Crippen LogP contribution in [0.4, 0.5) is 5.13 Å². The number of aromatic nitrogens is 3. The summed E-state index contributed by atoms with van der Waals surface area (Å²) >= 11 is 1.36. The Morgan fingerprint density at radius 1 is 1.27 bits per heavy atom. The van der Waals surface area contributed by atoms with Gasteiger partial charge in [-0.3, -0.25) is 19.9 Å². The molecular weight excluding hydrogens is 406 g/mol. The molecule has 0 saturated carbocycles. The summed E-state index contributed by atoms with van der Waals surface area (Å²) < 4.78 is 10.8. The Bertz CT molecular complexity index is 1060. The van der Waals surface area contributed by atoms with E-state index < -0.39 is 0 Å². The van der Waals surface area contributed by atoms with E-state index >= 15 is 0 Å². The quantitative estimate of drug-likeness (QED) is 0.645. The maximum absolute atomic E-state index is 12.6. The standard InChI is InChI=1S/C20H19N5O4S/c1-28-13-3-2-4-14(9-13)29-12-18(26)25-8-5-15-17(11-25)30-20(23-15)24-19(27)16-10-21-6-7-22-16/h2-4,6-7,9-10H,5,8,11-12H2,1H3,(H,23,24,27). The van der Waals surface area contributed by atoms with Crippen LogP contribution in [0.15, 0.2) is 42.9 Å². The number of hydrogen-bond donors (Lipinski definition) is 1. The molecule has 0 spiro atoms. The normalized spacial score (nSPS) is 12.8. The van der Waals surface area contributed by atoms with E-state index in [2.05, 4.69) is 20.3 Å². The lowest BCUT2D eigenvalue weighted by Crippen LogP contribution is -2.38. The van der Waals surface area contributed by atoms with E-state index in [0.717, 1.165) is 10.6 Å². The third-order valence-corrected chi connectivity index (χ3v) is 5.50. The molecule has 0 atom stereocenters. The highest BCUT2D eigenvalue weighted by atomic mass is 32.1. The van der Waals surface area contributed by atoms with Crippen molar-refractivity contribution in [2.24, 2.45) is 0 Å². The van der Waals surface area contributed by atoms with Crippen LogP contribution in [-0.2, 0) is 17.8 Å². The van der Waals surface area contributed by atoms with Crippen molar-refractivity contribution in [1.82, 2.24) is 19.9 Å². The van der Waals surface area contributed by atoms with Crippen LogP contribution in [0.5, 0.6) is 11.5 Å². The Labute approximate surface area is 176 Å². The fraction of sp³-hybridized carbons (Fsp3) is 0.250. The van der Waals surface area contributed by atoms with Gasteiger partial charge >= 0.3 is 0 Å². The van der Waals surface area contributed by atoms with Gasteiger partial charge in [0.15, 0.2) is 11.7 Å². The molecule has 2 aromatic heterocycles. The number of rotatable bonds is 6. The Morgan fingerprint density at radius 2 is 2.13 bits per heavy atom. The van der Waals surface area contributed by atoms with Crippen molar-refractivity contribution in [1.29, 1.82) is 0 Å². The number of fused-ring (bicyclic) bond motifs is 1. The number of nitrogens with one attached hydrogen (secondary N) is 1. The van der Waals surface area contributed by atoms with E-state index in [1.54, 1.807) is 30.2 Å². The largest absolute Gasteiger partial charge is 0.497 e. The van der Waals surface area contributed by atoms with E-state index in [4.69, 9.17) is 9.47 Å². The summed E-state index contributed by atoms with van der Waals surface area (Å²) in [6.07, 6.45) is 4.98. The van der Waals surface area contributed by atoms with E-state index in [1.807, 2.05) is 6.07 Å². The second kappa shape index (κ2) is 8.87. The van der Waals surface area contributed by atoms with Crippen molar-refractivity contribution in [3.05, 3.63) is 59.1 Å². The van der Waals surface area contributed by atoms with Crippen LogP contribution in [-0.4, -0.2) is 51.9 Å². The first-order valence-corrected chi connectivity index (χ1v) is 10.0. The smallest absolute Gasteiger partial charge is 0.277 e. The monoisotopic (exact) mass is 425 g/mol. The van der Waals surface area contributed by atoms with Gasteiger partial charge in [-0.05, 0) is 12.1 Å². The molecule has 0 aliphatic carbocycles. The number of ether oxygens (including phenoxy) is 2. The summed E-state index contributed by atoms with van der Waals surface area (Å²) in [6, 6.07) is 7.13. The second-order valence-corrected chi connectivity index (χ2v) is 7.55. The number of methoxy groups -OCH3 is 1. The van der Waals surface area contributed by atoms with Crippen LogP contribution in [0, 0.1) is 0 Å². The molecule has 2 amide bonds. The zero-order valence-electron chi connectivity index (χ0n) is 16.2. The number of hydrogen-bond acceptors (Lipinski definition) is 8. The van der Waals surface area contributed by atoms with Gasteiger partial charge < -0.3 is 14.4 Å². The van der Waals surface area contributed by atoms with Gasteiger partial charge in [-0.15, -0.1) is 0 Å². The Hall–Kier alpha value is -3.53. The zero-order valence-corrected chi connectivity index (χ0v) is 17.0. The van der Waals surface area contributed by atoms with E-state index in [-0.39, 0.29) is 24.1 Å². The molecule has 1 aromatic carbocycles. The number of amides is 2. The molecule has 0 bridgehead atoms. The fourth-order valence-corrected chi connectivity index (χ4v) is 3.99. The highest BCUT2D eigenvalue weighted by Crippen LogP contribution is 2.28. The van der Waals surface area contributed by atoms with Crippen molar-refractivity contribution in [3.8, 4) is 11.5 Å². The van der Waals surface area contributed by atoms with Gasteiger partial charge in [0.05, 0.1) is 25.5 Å².